The summed E-state index contributed by atoms with van der Waals surface area (Å²) in [6, 6.07) is 16.3. The van der Waals surface area contributed by atoms with E-state index in [0.29, 0.717) is 6.54 Å². The lowest BCUT2D eigenvalue weighted by Gasteiger charge is -2.38. The number of ether oxygens (including phenoxy) is 1. The Balaban J connectivity index is 1.07. The number of hydrogen-bond acceptors (Lipinski definition) is 6. The largest absolute Gasteiger partial charge is 0.497 e. The molecule has 33 heavy (non-hydrogen) atoms. The normalized spacial score (nSPS) is 18.1. The van der Waals surface area contributed by atoms with E-state index < -0.39 is 0 Å². The number of carbonyl (C=O) groups excluding carboxylic acids is 1. The molecular formula is C25H32N6O2. The molecule has 0 radical (unpaired) electrons. The van der Waals surface area contributed by atoms with Crippen LogP contribution in [0.4, 0.5) is 5.69 Å². The lowest BCUT2D eigenvalue weighted by molar-refractivity contribution is -0.133. The molecular weight excluding hydrogens is 416 g/mol. The summed E-state index contributed by atoms with van der Waals surface area (Å²) in [5, 5.41) is 0. The fourth-order valence-corrected chi connectivity index (χ4v) is 4.70. The van der Waals surface area contributed by atoms with Crippen LogP contribution in [-0.4, -0.2) is 96.6 Å². The maximum atomic E-state index is 12.9. The van der Waals surface area contributed by atoms with Crippen molar-refractivity contribution in [3.8, 4) is 5.75 Å². The molecule has 3 aromatic rings. The minimum absolute atomic E-state index is 0.252. The molecule has 0 atom stereocenters. The highest BCUT2D eigenvalue weighted by molar-refractivity contribution is 5.78. The molecule has 0 spiro atoms. The number of methoxy groups -OCH3 is 1. The van der Waals surface area contributed by atoms with Crippen molar-refractivity contribution in [2.45, 2.75) is 6.54 Å². The number of anilines is 1. The Kier molecular flexibility index (Phi) is 6.46. The second-order valence-electron chi connectivity index (χ2n) is 8.82. The summed E-state index contributed by atoms with van der Waals surface area (Å²) in [5.41, 5.74) is 3.20. The quantitative estimate of drug-likeness (QED) is 0.623. The summed E-state index contributed by atoms with van der Waals surface area (Å²) in [7, 11) is 1.67. The van der Waals surface area contributed by atoms with Gasteiger partial charge in [-0.1, -0.05) is 18.2 Å². The van der Waals surface area contributed by atoms with Gasteiger partial charge in [0.2, 0.25) is 5.91 Å². The molecule has 2 aliphatic heterocycles. The van der Waals surface area contributed by atoms with Gasteiger partial charge in [0, 0.05) is 64.1 Å². The van der Waals surface area contributed by atoms with Gasteiger partial charge in [0.15, 0.2) is 0 Å². The molecule has 8 heteroatoms. The number of piperazine rings is 2. The zero-order chi connectivity index (χ0) is 22.6. The van der Waals surface area contributed by atoms with Crippen LogP contribution in [0.15, 0.2) is 48.5 Å². The Labute approximate surface area is 194 Å². The van der Waals surface area contributed by atoms with E-state index >= 15 is 0 Å². The smallest absolute Gasteiger partial charge is 0.236 e. The molecule has 1 aromatic heterocycles. The van der Waals surface area contributed by atoms with Crippen molar-refractivity contribution < 1.29 is 9.53 Å². The van der Waals surface area contributed by atoms with Gasteiger partial charge in [-0.25, -0.2) is 4.98 Å². The first-order chi connectivity index (χ1) is 16.2. The fourth-order valence-electron chi connectivity index (χ4n) is 4.70. The number of nitrogens with zero attached hydrogens (tertiary/aromatic N) is 5. The Morgan fingerprint density at radius 1 is 0.939 bits per heavy atom. The van der Waals surface area contributed by atoms with Gasteiger partial charge in [-0.15, -0.1) is 0 Å². The molecule has 0 saturated carbocycles. The highest BCUT2D eigenvalue weighted by atomic mass is 16.5. The molecule has 0 unspecified atom stereocenters. The zero-order valence-electron chi connectivity index (χ0n) is 19.2. The Morgan fingerprint density at radius 3 is 2.39 bits per heavy atom. The molecule has 0 aliphatic carbocycles. The SMILES string of the molecule is COc1ccc2nc(CN3CCN(CC(=O)N4CCN(c5ccccc5)CC4)CC3)[nH]c2c1. The number of H-pyrrole nitrogens is 1. The van der Waals surface area contributed by atoms with Gasteiger partial charge in [0.1, 0.15) is 11.6 Å². The molecule has 2 aromatic carbocycles. The summed E-state index contributed by atoms with van der Waals surface area (Å²) in [6.07, 6.45) is 0. The van der Waals surface area contributed by atoms with Crippen LogP contribution < -0.4 is 9.64 Å². The van der Waals surface area contributed by atoms with Crippen LogP contribution in [0.25, 0.3) is 11.0 Å². The predicted molar refractivity (Wildman–Crippen MR) is 130 cm³/mol. The Bertz CT molecular complexity index is 1070. The van der Waals surface area contributed by atoms with E-state index in [1.807, 2.05) is 29.2 Å². The van der Waals surface area contributed by atoms with Crippen molar-refractivity contribution in [1.29, 1.82) is 0 Å². The van der Waals surface area contributed by atoms with Gasteiger partial charge in [0.25, 0.3) is 0 Å². The zero-order valence-corrected chi connectivity index (χ0v) is 19.2. The van der Waals surface area contributed by atoms with E-state index in [4.69, 9.17) is 9.72 Å². The van der Waals surface area contributed by atoms with Crippen molar-refractivity contribution in [3.05, 3.63) is 54.4 Å². The van der Waals surface area contributed by atoms with Gasteiger partial charge in [0.05, 0.1) is 31.2 Å². The third-order valence-corrected chi connectivity index (χ3v) is 6.69. The Morgan fingerprint density at radius 2 is 1.67 bits per heavy atom. The second kappa shape index (κ2) is 9.80. The standard InChI is InChI=1S/C25H32N6O2/c1-33-21-7-8-22-23(17-21)27-24(26-22)18-28-9-11-29(12-10-28)19-25(32)31-15-13-30(14-16-31)20-5-3-2-4-6-20/h2-8,17H,9-16,18-19H2,1H3,(H,26,27). The number of amides is 1. The molecule has 2 aliphatic rings. The summed E-state index contributed by atoms with van der Waals surface area (Å²) in [6.45, 7) is 8.39. The van der Waals surface area contributed by atoms with Crippen LogP contribution in [0.2, 0.25) is 0 Å². The predicted octanol–water partition coefficient (Wildman–Crippen LogP) is 2.04. The van der Waals surface area contributed by atoms with Crippen LogP contribution in [0, 0.1) is 0 Å². The van der Waals surface area contributed by atoms with E-state index in [-0.39, 0.29) is 5.91 Å². The third kappa shape index (κ3) is 5.12. The number of hydrogen-bond donors (Lipinski definition) is 1. The van der Waals surface area contributed by atoms with Gasteiger partial charge in [-0.3, -0.25) is 14.6 Å². The maximum Gasteiger partial charge on any atom is 0.236 e. The minimum Gasteiger partial charge on any atom is -0.497 e. The molecule has 0 bridgehead atoms. The van der Waals surface area contributed by atoms with Crippen LogP contribution in [0.3, 0.4) is 0 Å². The Hall–Kier alpha value is -3.10. The average molecular weight is 449 g/mol. The number of benzene rings is 2. The second-order valence-corrected chi connectivity index (χ2v) is 8.82. The molecule has 1 N–H and O–H groups in total. The monoisotopic (exact) mass is 448 g/mol. The number of para-hydroxylation sites is 1. The number of aromatic nitrogens is 2. The van der Waals surface area contributed by atoms with E-state index in [0.717, 1.165) is 81.5 Å². The first-order valence-corrected chi connectivity index (χ1v) is 11.7. The molecule has 5 rings (SSSR count). The molecule has 1 amide bonds. The van der Waals surface area contributed by atoms with Crippen molar-refractivity contribution >= 4 is 22.6 Å². The van der Waals surface area contributed by atoms with Crippen molar-refractivity contribution in [2.75, 3.05) is 70.9 Å². The lowest BCUT2D eigenvalue weighted by Crippen LogP contribution is -2.53. The number of fused-ring (bicyclic) bond motifs is 1. The number of imidazole rings is 1. The minimum atomic E-state index is 0.252. The van der Waals surface area contributed by atoms with E-state index in [1.54, 1.807) is 7.11 Å². The maximum absolute atomic E-state index is 12.9. The van der Waals surface area contributed by atoms with Crippen molar-refractivity contribution in [1.82, 2.24) is 24.7 Å². The summed E-state index contributed by atoms with van der Waals surface area (Å²) < 4.78 is 5.30. The number of rotatable bonds is 6. The van der Waals surface area contributed by atoms with Crippen LogP contribution in [-0.2, 0) is 11.3 Å². The van der Waals surface area contributed by atoms with E-state index in [1.165, 1.54) is 5.69 Å². The number of aromatic amines is 1. The highest BCUT2D eigenvalue weighted by Gasteiger charge is 2.25. The van der Waals surface area contributed by atoms with E-state index in [2.05, 4.69) is 43.9 Å². The average Bonchev–Trinajstić information content (AvgIpc) is 3.27. The van der Waals surface area contributed by atoms with Gasteiger partial charge in [-0.05, 0) is 24.3 Å². The summed E-state index contributed by atoms with van der Waals surface area (Å²) >= 11 is 0. The molecule has 2 fully saturated rings. The molecule has 2 saturated heterocycles. The van der Waals surface area contributed by atoms with Gasteiger partial charge < -0.3 is 19.5 Å². The molecule has 8 nitrogen and oxygen atoms in total. The van der Waals surface area contributed by atoms with Gasteiger partial charge in [-0.2, -0.15) is 0 Å². The lowest BCUT2D eigenvalue weighted by atomic mass is 10.2. The number of nitrogens with one attached hydrogen (secondary N) is 1. The van der Waals surface area contributed by atoms with Crippen LogP contribution in [0.1, 0.15) is 5.82 Å². The first kappa shape index (κ1) is 21.7. The van der Waals surface area contributed by atoms with Crippen molar-refractivity contribution in [3.63, 3.8) is 0 Å². The fraction of sp³-hybridized carbons (Fsp3) is 0.440. The summed E-state index contributed by atoms with van der Waals surface area (Å²) in [5.74, 6) is 2.05. The van der Waals surface area contributed by atoms with E-state index in [9.17, 15) is 4.79 Å². The van der Waals surface area contributed by atoms with Crippen LogP contribution in [0.5, 0.6) is 5.75 Å². The van der Waals surface area contributed by atoms with Gasteiger partial charge >= 0.3 is 0 Å². The highest BCUT2D eigenvalue weighted by Crippen LogP contribution is 2.20. The molecule has 3 heterocycles. The van der Waals surface area contributed by atoms with Crippen LogP contribution >= 0.6 is 0 Å². The third-order valence-electron chi connectivity index (χ3n) is 6.69. The topological polar surface area (TPSA) is 67.9 Å². The molecule has 174 valence electrons. The number of carbonyl (C=O) groups is 1. The summed E-state index contributed by atoms with van der Waals surface area (Å²) in [4.78, 5) is 30.0. The van der Waals surface area contributed by atoms with Crippen molar-refractivity contribution in [2.24, 2.45) is 0 Å². The first-order valence-electron chi connectivity index (χ1n) is 11.7.